The van der Waals surface area contributed by atoms with Gasteiger partial charge in [0.05, 0.1) is 28.7 Å². The summed E-state index contributed by atoms with van der Waals surface area (Å²) in [4.78, 5) is 12.8. The molecule has 0 N–H and O–H groups in total. The van der Waals surface area contributed by atoms with E-state index in [9.17, 15) is 26.0 Å². The Morgan fingerprint density at radius 1 is 0.852 bits per heavy atom. The van der Waals surface area contributed by atoms with Gasteiger partial charge in [0.1, 0.15) is 5.82 Å². The molecule has 1 aromatic heterocycles. The van der Waals surface area contributed by atoms with Gasteiger partial charge in [0.2, 0.25) is 10.0 Å². The highest BCUT2D eigenvalue weighted by molar-refractivity contribution is 7.90. The first kappa shape index (κ1) is 19.1. The third-order valence-corrected chi connectivity index (χ3v) is 5.99. The second-order valence-corrected chi connectivity index (χ2v) is 9.84. The normalized spacial score (nSPS) is 12.3. The highest BCUT2D eigenvalue weighted by Gasteiger charge is 2.20. The van der Waals surface area contributed by atoms with Crippen LogP contribution >= 0.6 is 0 Å². The number of rotatable bonds is 4. The average molecular weight is 410 g/mol. The van der Waals surface area contributed by atoms with Crippen molar-refractivity contribution in [2.24, 2.45) is 0 Å². The Hall–Kier alpha value is -2.72. The van der Waals surface area contributed by atoms with Crippen LogP contribution in [0.2, 0.25) is 0 Å². The summed E-state index contributed by atoms with van der Waals surface area (Å²) in [5, 5.41) is 0. The van der Waals surface area contributed by atoms with Gasteiger partial charge in [-0.15, -0.1) is 0 Å². The van der Waals surface area contributed by atoms with Gasteiger partial charge in [0, 0.05) is 11.8 Å². The Labute approximate surface area is 155 Å². The van der Waals surface area contributed by atoms with E-state index >= 15 is 0 Å². The number of hydrogen-bond acceptors (Lipinski definition) is 5. The molecule has 1 heterocycles. The van der Waals surface area contributed by atoms with E-state index in [0.717, 1.165) is 35.4 Å². The van der Waals surface area contributed by atoms with E-state index in [1.54, 1.807) is 0 Å². The summed E-state index contributed by atoms with van der Waals surface area (Å²) < 4.78 is 62.0. The van der Waals surface area contributed by atoms with Crippen LogP contribution in [0.25, 0.3) is 16.9 Å². The summed E-state index contributed by atoms with van der Waals surface area (Å²) in [6, 6.07) is 10.7. The molecule has 7 nitrogen and oxygen atoms in total. The third-order valence-electron chi connectivity index (χ3n) is 3.88. The molecule has 3 rings (SSSR count). The minimum atomic E-state index is -3.88. The van der Waals surface area contributed by atoms with Crippen LogP contribution < -0.4 is 5.69 Å². The van der Waals surface area contributed by atoms with Gasteiger partial charge in [-0.25, -0.2) is 26.0 Å². The maximum absolute atomic E-state index is 13.2. The highest BCUT2D eigenvalue weighted by Crippen LogP contribution is 2.24. The predicted molar refractivity (Wildman–Crippen MR) is 98.8 cm³/mol. The monoisotopic (exact) mass is 410 g/mol. The van der Waals surface area contributed by atoms with Crippen LogP contribution in [0.3, 0.4) is 0 Å². The Bertz CT molecular complexity index is 1270. The van der Waals surface area contributed by atoms with Gasteiger partial charge < -0.3 is 0 Å². The zero-order chi connectivity index (χ0) is 20.0. The third kappa shape index (κ3) is 3.71. The Morgan fingerprint density at radius 2 is 1.41 bits per heavy atom. The molecule has 0 saturated carbocycles. The Balaban J connectivity index is 2.29. The molecule has 0 unspecified atom stereocenters. The molecule has 0 aliphatic rings. The second kappa shape index (κ2) is 6.46. The van der Waals surface area contributed by atoms with Gasteiger partial charge in [-0.3, -0.25) is 4.57 Å². The van der Waals surface area contributed by atoms with Crippen LogP contribution in [-0.2, 0) is 19.9 Å². The molecule has 0 atom stereocenters. The fraction of sp³-hybridized carbons (Fsp3) is 0.118. The molecular formula is C17H15FN2O5S2. The van der Waals surface area contributed by atoms with Crippen molar-refractivity contribution >= 4 is 19.9 Å². The van der Waals surface area contributed by atoms with Gasteiger partial charge in [-0.1, -0.05) is 12.1 Å². The summed E-state index contributed by atoms with van der Waals surface area (Å²) in [7, 11) is -7.28. The molecule has 0 radical (unpaired) electrons. The minimum Gasteiger partial charge on any atom is -0.260 e. The molecule has 0 aliphatic carbocycles. The van der Waals surface area contributed by atoms with Crippen LogP contribution in [0.4, 0.5) is 4.39 Å². The van der Waals surface area contributed by atoms with Crippen LogP contribution in [0.5, 0.6) is 0 Å². The number of hydrogen-bond donors (Lipinski definition) is 0. The number of benzene rings is 2. The van der Waals surface area contributed by atoms with Crippen molar-refractivity contribution in [2.75, 3.05) is 12.5 Å². The smallest absolute Gasteiger partial charge is 0.260 e. The van der Waals surface area contributed by atoms with E-state index in [4.69, 9.17) is 0 Å². The van der Waals surface area contributed by atoms with Gasteiger partial charge in [0.25, 0.3) is 0 Å². The molecule has 0 aliphatic heterocycles. The number of aromatic nitrogens is 2. The molecule has 0 fully saturated rings. The first-order valence-electron chi connectivity index (χ1n) is 7.60. The lowest BCUT2D eigenvalue weighted by atomic mass is 10.1. The zero-order valence-electron chi connectivity index (χ0n) is 14.3. The topological polar surface area (TPSA) is 95.2 Å². The first-order chi connectivity index (χ1) is 12.5. The molecule has 27 heavy (non-hydrogen) atoms. The fourth-order valence-corrected chi connectivity index (χ4v) is 3.87. The Kier molecular flexibility index (Phi) is 4.56. The van der Waals surface area contributed by atoms with E-state index < -0.39 is 31.4 Å². The molecule has 10 heteroatoms. The first-order valence-corrected chi connectivity index (χ1v) is 11.3. The van der Waals surface area contributed by atoms with Gasteiger partial charge in [-0.2, -0.15) is 3.97 Å². The van der Waals surface area contributed by atoms with Crippen molar-refractivity contribution in [1.29, 1.82) is 0 Å². The maximum atomic E-state index is 13.2. The molecule has 0 saturated heterocycles. The molecule has 142 valence electrons. The SMILES string of the molecule is CS(=O)(=O)c1ccc(-c2cn(S(C)(=O)=O)c(=O)n2-c2ccc(F)cc2)cc1. The van der Waals surface area contributed by atoms with E-state index in [-0.39, 0.29) is 16.3 Å². The quantitative estimate of drug-likeness (QED) is 0.652. The number of sulfone groups is 1. The van der Waals surface area contributed by atoms with Crippen LogP contribution in [0.1, 0.15) is 0 Å². The van der Waals surface area contributed by atoms with E-state index in [2.05, 4.69) is 0 Å². The standard InChI is InChI=1S/C17H15FN2O5S2/c1-26(22,23)15-9-3-12(4-10-15)16-11-19(27(2,24)25)17(21)20(16)14-7-5-13(18)6-8-14/h3-11H,1-2H3. The van der Waals surface area contributed by atoms with Crippen molar-refractivity contribution in [3.8, 4) is 16.9 Å². The summed E-state index contributed by atoms with van der Waals surface area (Å²) in [5.74, 6) is -0.506. The van der Waals surface area contributed by atoms with Crippen molar-refractivity contribution in [1.82, 2.24) is 8.54 Å². The largest absolute Gasteiger partial charge is 0.347 e. The van der Waals surface area contributed by atoms with Crippen LogP contribution in [0.15, 0.2) is 64.4 Å². The van der Waals surface area contributed by atoms with Crippen LogP contribution in [0, 0.1) is 5.82 Å². The zero-order valence-corrected chi connectivity index (χ0v) is 16.0. The van der Waals surface area contributed by atoms with Gasteiger partial charge >= 0.3 is 5.69 Å². The number of nitrogens with zero attached hydrogens (tertiary/aromatic N) is 2. The highest BCUT2D eigenvalue weighted by atomic mass is 32.2. The minimum absolute atomic E-state index is 0.0875. The van der Waals surface area contributed by atoms with Crippen molar-refractivity contribution < 1.29 is 21.2 Å². The lowest BCUT2D eigenvalue weighted by molar-refractivity contribution is 0.590. The molecule has 3 aromatic rings. The summed E-state index contributed by atoms with van der Waals surface area (Å²) in [6.45, 7) is 0. The molecule has 0 bridgehead atoms. The maximum Gasteiger partial charge on any atom is 0.347 e. The molecule has 2 aromatic carbocycles. The fourth-order valence-electron chi connectivity index (χ4n) is 2.58. The second-order valence-electron chi connectivity index (χ2n) is 5.96. The average Bonchev–Trinajstić information content (AvgIpc) is 2.92. The van der Waals surface area contributed by atoms with E-state index in [0.29, 0.717) is 9.54 Å². The number of imidazole rings is 1. The molecule has 0 spiro atoms. The van der Waals surface area contributed by atoms with Crippen molar-refractivity contribution in [3.05, 3.63) is 71.0 Å². The van der Waals surface area contributed by atoms with Crippen molar-refractivity contribution in [3.63, 3.8) is 0 Å². The van der Waals surface area contributed by atoms with E-state index in [1.807, 2.05) is 0 Å². The van der Waals surface area contributed by atoms with Gasteiger partial charge in [-0.05, 0) is 36.4 Å². The molecular weight excluding hydrogens is 395 g/mol. The summed E-state index contributed by atoms with van der Waals surface area (Å²) in [6.07, 6.45) is 3.10. The number of halogens is 1. The van der Waals surface area contributed by atoms with Crippen LogP contribution in [-0.4, -0.2) is 37.9 Å². The van der Waals surface area contributed by atoms with E-state index in [1.165, 1.54) is 36.4 Å². The Morgan fingerprint density at radius 3 is 1.89 bits per heavy atom. The molecule has 0 amide bonds. The van der Waals surface area contributed by atoms with Crippen molar-refractivity contribution in [2.45, 2.75) is 4.90 Å². The van der Waals surface area contributed by atoms with Gasteiger partial charge in [0.15, 0.2) is 9.84 Å². The summed E-state index contributed by atoms with van der Waals surface area (Å²) in [5.41, 5.74) is 0.0700. The summed E-state index contributed by atoms with van der Waals surface area (Å²) >= 11 is 0. The lowest BCUT2D eigenvalue weighted by Crippen LogP contribution is -2.27. The predicted octanol–water partition coefficient (Wildman–Crippen LogP) is 1.66. The lowest BCUT2D eigenvalue weighted by Gasteiger charge is -2.08.